The smallest absolute Gasteiger partial charge is 0.329 e. The Hall–Kier alpha value is -2.83. The number of hydrogen-bond donors (Lipinski definition) is 3. The van der Waals surface area contributed by atoms with Gasteiger partial charge in [-0.3, -0.25) is 4.79 Å². The van der Waals surface area contributed by atoms with Crippen molar-refractivity contribution in [2.75, 3.05) is 0 Å². The van der Waals surface area contributed by atoms with E-state index in [1.807, 2.05) is 74.6 Å². The summed E-state index contributed by atoms with van der Waals surface area (Å²) in [7, 11) is 0. The second-order valence-corrected chi connectivity index (χ2v) is 7.63. The van der Waals surface area contributed by atoms with E-state index in [1.165, 1.54) is 0 Å². The van der Waals surface area contributed by atoms with Gasteiger partial charge in [-0.2, -0.15) is 0 Å². The average molecular weight is 444 g/mol. The zero-order chi connectivity index (χ0) is 21.5. The quantitative estimate of drug-likeness (QED) is 0.439. The van der Waals surface area contributed by atoms with Gasteiger partial charge in [0.25, 0.3) is 0 Å². The topological polar surface area (TPSA) is 97.2 Å². The van der Waals surface area contributed by atoms with Crippen LogP contribution >= 0.6 is 12.4 Å². The molecule has 4 N–H and O–H groups in total. The molecule has 166 valence electrons. The number of aromatic nitrogens is 1. The second kappa shape index (κ2) is 11.5. The molecular weight excluding hydrogens is 414 g/mol. The van der Waals surface area contributed by atoms with Crippen LogP contribution < -0.4 is 11.1 Å². The highest BCUT2D eigenvalue weighted by atomic mass is 35.5. The molecule has 1 heterocycles. The number of carbonyl (C=O) groups is 2. The summed E-state index contributed by atoms with van der Waals surface area (Å²) in [5.74, 6) is -0.807. The number of halogens is 1. The number of H-pyrrole nitrogens is 1. The fourth-order valence-corrected chi connectivity index (χ4v) is 3.32. The minimum Gasteiger partial charge on any atom is -0.459 e. The number of aromatic amines is 1. The van der Waals surface area contributed by atoms with Crippen LogP contribution in [0.1, 0.15) is 31.4 Å². The molecule has 3 atom stereocenters. The maximum absolute atomic E-state index is 12.9. The van der Waals surface area contributed by atoms with Crippen LogP contribution in [0.15, 0.2) is 60.8 Å². The van der Waals surface area contributed by atoms with Crippen molar-refractivity contribution in [2.24, 2.45) is 11.7 Å². The van der Waals surface area contributed by atoms with Gasteiger partial charge < -0.3 is 20.8 Å². The number of benzene rings is 2. The molecule has 1 aromatic heterocycles. The summed E-state index contributed by atoms with van der Waals surface area (Å²) in [5.41, 5.74) is 8.88. The Labute approximate surface area is 189 Å². The van der Waals surface area contributed by atoms with Gasteiger partial charge in [0, 0.05) is 23.5 Å². The number of carbonyl (C=O) groups excluding carboxylic acids is 2. The molecule has 0 radical (unpaired) electrons. The second-order valence-electron chi connectivity index (χ2n) is 7.63. The van der Waals surface area contributed by atoms with Crippen LogP contribution in [0, 0.1) is 5.92 Å². The molecule has 31 heavy (non-hydrogen) atoms. The summed E-state index contributed by atoms with van der Waals surface area (Å²) in [4.78, 5) is 28.8. The van der Waals surface area contributed by atoms with Crippen LogP contribution in [0.25, 0.3) is 10.9 Å². The molecule has 0 aliphatic carbocycles. The molecule has 0 aliphatic rings. The normalized spacial score (nSPS) is 13.6. The number of rotatable bonds is 9. The molecular formula is C24H30ClN3O3. The minimum absolute atomic E-state index is 0. The number of hydrogen-bond acceptors (Lipinski definition) is 4. The molecule has 0 saturated heterocycles. The monoisotopic (exact) mass is 443 g/mol. The highest BCUT2D eigenvalue weighted by molar-refractivity contribution is 5.89. The standard InChI is InChI=1S/C24H29N3O3.ClH/c1-3-16(2)22(25)23(28)27-21(24(29)30-15-17-9-5-4-6-10-17)13-18-14-26-20-12-8-7-11-19(18)20;/h4-12,14,16,21-22,26H,3,13,15,25H2,1-2H3,(H,27,28);1H/t16-,21-,22-;/m0./s1. The summed E-state index contributed by atoms with van der Waals surface area (Å²) in [5, 5.41) is 3.83. The maximum atomic E-state index is 12.9. The first kappa shape index (κ1) is 24.4. The van der Waals surface area contributed by atoms with Crippen molar-refractivity contribution in [1.29, 1.82) is 0 Å². The molecule has 2 aromatic carbocycles. The van der Waals surface area contributed by atoms with Gasteiger partial charge in [-0.15, -0.1) is 12.4 Å². The van der Waals surface area contributed by atoms with E-state index in [9.17, 15) is 9.59 Å². The molecule has 3 rings (SSSR count). The predicted molar refractivity (Wildman–Crippen MR) is 125 cm³/mol. The Morgan fingerprint density at radius 2 is 1.77 bits per heavy atom. The average Bonchev–Trinajstić information content (AvgIpc) is 3.19. The third-order valence-electron chi connectivity index (χ3n) is 5.48. The van der Waals surface area contributed by atoms with Gasteiger partial charge in [-0.25, -0.2) is 4.79 Å². The van der Waals surface area contributed by atoms with E-state index in [0.717, 1.165) is 28.5 Å². The van der Waals surface area contributed by atoms with E-state index in [1.54, 1.807) is 0 Å². The molecule has 0 saturated carbocycles. The van der Waals surface area contributed by atoms with Crippen molar-refractivity contribution in [1.82, 2.24) is 10.3 Å². The lowest BCUT2D eigenvalue weighted by molar-refractivity contribution is -0.149. The van der Waals surface area contributed by atoms with Crippen LogP contribution in [0.4, 0.5) is 0 Å². The number of esters is 1. The van der Waals surface area contributed by atoms with Gasteiger partial charge in [0.2, 0.25) is 5.91 Å². The fourth-order valence-electron chi connectivity index (χ4n) is 3.32. The molecule has 0 spiro atoms. The fraction of sp³-hybridized carbons (Fsp3) is 0.333. The van der Waals surface area contributed by atoms with Crippen LogP contribution in [0.2, 0.25) is 0 Å². The largest absolute Gasteiger partial charge is 0.459 e. The summed E-state index contributed by atoms with van der Waals surface area (Å²) < 4.78 is 5.51. The van der Waals surface area contributed by atoms with Crippen LogP contribution in [0.5, 0.6) is 0 Å². The molecule has 0 aliphatic heterocycles. The van der Waals surface area contributed by atoms with E-state index in [4.69, 9.17) is 10.5 Å². The number of nitrogens with two attached hydrogens (primary N) is 1. The van der Waals surface area contributed by atoms with E-state index in [2.05, 4.69) is 10.3 Å². The Morgan fingerprint density at radius 1 is 1.10 bits per heavy atom. The van der Waals surface area contributed by atoms with Crippen molar-refractivity contribution in [3.8, 4) is 0 Å². The van der Waals surface area contributed by atoms with Gasteiger partial charge in [0.05, 0.1) is 6.04 Å². The summed E-state index contributed by atoms with van der Waals surface area (Å²) in [6.07, 6.45) is 2.96. The van der Waals surface area contributed by atoms with Crippen LogP contribution in [-0.2, 0) is 27.4 Å². The summed E-state index contributed by atoms with van der Waals surface area (Å²) in [6, 6.07) is 15.8. The van der Waals surface area contributed by atoms with Crippen molar-refractivity contribution in [2.45, 2.75) is 45.4 Å². The van der Waals surface area contributed by atoms with Crippen molar-refractivity contribution >= 4 is 35.2 Å². The molecule has 0 fully saturated rings. The lowest BCUT2D eigenvalue weighted by atomic mass is 9.98. The zero-order valence-corrected chi connectivity index (χ0v) is 18.7. The molecule has 3 aromatic rings. The van der Waals surface area contributed by atoms with E-state index in [0.29, 0.717) is 6.42 Å². The third-order valence-corrected chi connectivity index (χ3v) is 5.48. The Balaban J connectivity index is 0.00000341. The highest BCUT2D eigenvalue weighted by Crippen LogP contribution is 2.20. The number of nitrogens with one attached hydrogen (secondary N) is 2. The molecule has 7 heteroatoms. The Morgan fingerprint density at radius 3 is 2.48 bits per heavy atom. The SMILES string of the molecule is CC[C@H](C)[C@H](N)C(=O)N[C@@H](Cc1c[nH]c2ccccc12)C(=O)OCc1ccccc1.Cl. The molecule has 0 unspecified atom stereocenters. The number of ether oxygens (including phenoxy) is 1. The van der Waals surface area contributed by atoms with Gasteiger partial charge in [-0.1, -0.05) is 68.8 Å². The minimum atomic E-state index is -0.824. The van der Waals surface area contributed by atoms with Gasteiger partial charge in [0.1, 0.15) is 12.6 Å². The first-order valence-electron chi connectivity index (χ1n) is 10.3. The Kier molecular flexibility index (Phi) is 9.09. The number of amides is 1. The first-order chi connectivity index (χ1) is 14.5. The van der Waals surface area contributed by atoms with Gasteiger partial charge >= 0.3 is 5.97 Å². The third kappa shape index (κ3) is 6.32. The van der Waals surface area contributed by atoms with Crippen molar-refractivity contribution in [3.63, 3.8) is 0 Å². The Bertz CT molecular complexity index is 990. The van der Waals surface area contributed by atoms with Crippen LogP contribution in [-0.4, -0.2) is 28.9 Å². The predicted octanol–water partition coefficient (Wildman–Crippen LogP) is 3.73. The zero-order valence-electron chi connectivity index (χ0n) is 17.8. The molecule has 6 nitrogen and oxygen atoms in total. The van der Waals surface area contributed by atoms with Crippen molar-refractivity contribution in [3.05, 3.63) is 71.9 Å². The first-order valence-corrected chi connectivity index (χ1v) is 10.3. The van der Waals surface area contributed by atoms with Crippen molar-refractivity contribution < 1.29 is 14.3 Å². The van der Waals surface area contributed by atoms with E-state index in [-0.39, 0.29) is 30.8 Å². The summed E-state index contributed by atoms with van der Waals surface area (Å²) in [6.45, 7) is 4.05. The van der Waals surface area contributed by atoms with E-state index < -0.39 is 18.1 Å². The van der Waals surface area contributed by atoms with Gasteiger partial charge in [-0.05, 0) is 23.1 Å². The summed E-state index contributed by atoms with van der Waals surface area (Å²) >= 11 is 0. The lowest BCUT2D eigenvalue weighted by Crippen LogP contribution is -2.51. The van der Waals surface area contributed by atoms with Crippen LogP contribution in [0.3, 0.4) is 0 Å². The number of fused-ring (bicyclic) bond motifs is 1. The maximum Gasteiger partial charge on any atom is 0.329 e. The molecule has 0 bridgehead atoms. The van der Waals surface area contributed by atoms with Gasteiger partial charge in [0.15, 0.2) is 0 Å². The molecule has 1 amide bonds. The van der Waals surface area contributed by atoms with E-state index >= 15 is 0 Å². The lowest BCUT2D eigenvalue weighted by Gasteiger charge is -2.22. The highest BCUT2D eigenvalue weighted by Gasteiger charge is 2.28. The number of para-hydroxylation sites is 1.